The van der Waals surface area contributed by atoms with Crippen molar-refractivity contribution < 1.29 is 0 Å². The van der Waals surface area contributed by atoms with E-state index in [9.17, 15) is 0 Å². The van der Waals surface area contributed by atoms with Crippen molar-refractivity contribution in [1.82, 2.24) is 4.90 Å². The molecule has 3 rings (SSSR count). The molecule has 0 aromatic carbocycles. The van der Waals surface area contributed by atoms with Crippen LogP contribution in [-0.2, 0) is 0 Å². The van der Waals surface area contributed by atoms with E-state index in [4.69, 9.17) is 11.8 Å². The van der Waals surface area contributed by atoms with Crippen LogP contribution in [-0.4, -0.2) is 30.2 Å². The first-order valence-corrected chi connectivity index (χ1v) is 10.1. The normalized spacial score (nSPS) is 31.4. The minimum Gasteiger partial charge on any atom is -0.313 e. The summed E-state index contributed by atoms with van der Waals surface area (Å²) in [6.45, 7) is 11.2. The molecule has 0 amide bonds. The highest BCUT2D eigenvalue weighted by Gasteiger charge is 2.43. The van der Waals surface area contributed by atoms with Gasteiger partial charge in [0.05, 0.1) is 0 Å². The summed E-state index contributed by atoms with van der Waals surface area (Å²) in [5, 5.41) is 7.60. The van der Waals surface area contributed by atoms with Gasteiger partial charge in [-0.3, -0.25) is 4.90 Å². The van der Waals surface area contributed by atoms with Crippen molar-refractivity contribution in [3.63, 3.8) is 0 Å². The smallest absolute Gasteiger partial charge is 0.00963 e. The molecular weight excluding hydrogens is 304 g/mol. The first kappa shape index (κ1) is 20.0. The van der Waals surface area contributed by atoms with E-state index in [2.05, 4.69) is 36.8 Å². The molecule has 1 saturated heterocycles. The molecule has 0 bridgehead atoms. The molecule has 1 aliphatic heterocycles. The minimum atomic E-state index is 0.165. The van der Waals surface area contributed by atoms with Crippen LogP contribution < -0.4 is 0 Å². The lowest BCUT2D eigenvalue weighted by Gasteiger charge is -2.54. The zero-order valence-corrected chi connectivity index (χ0v) is 16.7. The number of nitrogens with one attached hydrogen (secondary N) is 1. The largest absolute Gasteiger partial charge is 0.313 e. The average molecular weight is 341 g/mol. The zero-order chi connectivity index (χ0) is 18.5. The molecule has 2 heteroatoms. The summed E-state index contributed by atoms with van der Waals surface area (Å²) in [5.74, 6) is 2.77. The number of likely N-dealkylation sites (tertiary alicyclic amines) is 1. The second-order valence-electron chi connectivity index (χ2n) is 8.58. The summed E-state index contributed by atoms with van der Waals surface area (Å²) >= 11 is 0. The van der Waals surface area contributed by atoms with Crippen LogP contribution in [0.25, 0.3) is 0 Å². The number of hydrogen-bond acceptors (Lipinski definition) is 2. The Labute approximate surface area is 155 Å². The standard InChI is InChI=1S/C21H30N2.C2H6/c1-4-17-5-7-18(8-6-17)13-21(3)15-23(16-21)19-9-11-20(2,14-22)12-10-19;1-2/h1,5,7,14,19,22H,6,8-13,15-16H2,2-3H3;1-2H3. The fraction of sp³-hybridized carbons (Fsp3) is 0.696. The zero-order valence-electron chi connectivity index (χ0n) is 16.7. The van der Waals surface area contributed by atoms with Crippen molar-refractivity contribution >= 4 is 6.21 Å². The molecule has 2 fully saturated rings. The molecule has 2 aliphatic carbocycles. The van der Waals surface area contributed by atoms with Gasteiger partial charge in [0.15, 0.2) is 0 Å². The van der Waals surface area contributed by atoms with Crippen LogP contribution in [0.2, 0.25) is 0 Å². The van der Waals surface area contributed by atoms with Crippen molar-refractivity contribution in [1.29, 1.82) is 5.41 Å². The van der Waals surface area contributed by atoms with Gasteiger partial charge >= 0.3 is 0 Å². The van der Waals surface area contributed by atoms with Crippen LogP contribution in [0.4, 0.5) is 0 Å². The highest BCUT2D eigenvalue weighted by molar-refractivity contribution is 5.61. The van der Waals surface area contributed by atoms with Crippen LogP contribution in [0.3, 0.4) is 0 Å². The third-order valence-electron chi connectivity index (χ3n) is 6.21. The van der Waals surface area contributed by atoms with E-state index in [0.717, 1.165) is 24.5 Å². The third kappa shape index (κ3) is 4.85. The van der Waals surface area contributed by atoms with Gasteiger partial charge in [0.2, 0.25) is 0 Å². The van der Waals surface area contributed by atoms with E-state index in [1.165, 1.54) is 45.2 Å². The van der Waals surface area contributed by atoms with Gasteiger partial charge in [-0.1, -0.05) is 51.3 Å². The monoisotopic (exact) mass is 340 g/mol. The lowest BCUT2D eigenvalue weighted by atomic mass is 9.70. The Hall–Kier alpha value is -1.33. The summed E-state index contributed by atoms with van der Waals surface area (Å²) in [7, 11) is 0. The Morgan fingerprint density at radius 2 is 1.84 bits per heavy atom. The number of hydrogen-bond donors (Lipinski definition) is 1. The molecule has 1 N–H and O–H groups in total. The van der Waals surface area contributed by atoms with E-state index in [0.29, 0.717) is 5.41 Å². The maximum Gasteiger partial charge on any atom is 0.00963 e. The van der Waals surface area contributed by atoms with Gasteiger partial charge < -0.3 is 5.41 Å². The second kappa shape index (κ2) is 8.37. The Bertz CT molecular complexity index is 561. The SMILES string of the molecule is C#CC1=CC=C(CC2(C)CN(C3CCC(C)(C=N)CC3)C2)CC1.CC. The molecule has 0 radical (unpaired) electrons. The highest BCUT2D eigenvalue weighted by atomic mass is 15.2. The van der Waals surface area contributed by atoms with Gasteiger partial charge in [0, 0.05) is 36.3 Å². The predicted octanol–water partition coefficient (Wildman–Crippen LogP) is 5.60. The lowest BCUT2D eigenvalue weighted by Crippen LogP contribution is -2.59. The van der Waals surface area contributed by atoms with Crippen LogP contribution in [0.15, 0.2) is 23.3 Å². The van der Waals surface area contributed by atoms with Crippen molar-refractivity contribution in [3.05, 3.63) is 23.3 Å². The van der Waals surface area contributed by atoms with Gasteiger partial charge in [-0.05, 0) is 50.4 Å². The first-order valence-electron chi connectivity index (χ1n) is 10.1. The van der Waals surface area contributed by atoms with Crippen molar-refractivity contribution in [2.75, 3.05) is 13.1 Å². The van der Waals surface area contributed by atoms with Gasteiger partial charge in [0.1, 0.15) is 0 Å². The first-order chi connectivity index (χ1) is 12.0. The molecule has 0 atom stereocenters. The molecule has 0 spiro atoms. The third-order valence-corrected chi connectivity index (χ3v) is 6.21. The Kier molecular flexibility index (Phi) is 6.69. The summed E-state index contributed by atoms with van der Waals surface area (Å²) < 4.78 is 0. The average Bonchev–Trinajstić information content (AvgIpc) is 2.63. The van der Waals surface area contributed by atoms with Crippen molar-refractivity contribution in [2.24, 2.45) is 10.8 Å². The number of rotatable bonds is 4. The maximum absolute atomic E-state index is 7.60. The molecule has 0 aromatic heterocycles. The van der Waals surface area contributed by atoms with E-state index >= 15 is 0 Å². The molecule has 1 saturated carbocycles. The van der Waals surface area contributed by atoms with Gasteiger partial charge in [0.25, 0.3) is 0 Å². The Morgan fingerprint density at radius 1 is 1.20 bits per heavy atom. The minimum absolute atomic E-state index is 0.165. The van der Waals surface area contributed by atoms with Gasteiger partial charge in [-0.15, -0.1) is 6.42 Å². The van der Waals surface area contributed by atoms with Crippen LogP contribution in [0, 0.1) is 28.6 Å². The topological polar surface area (TPSA) is 27.1 Å². The molecular formula is C23H36N2. The summed E-state index contributed by atoms with van der Waals surface area (Å²) in [6.07, 6.45) is 19.9. The predicted molar refractivity (Wildman–Crippen MR) is 109 cm³/mol. The van der Waals surface area contributed by atoms with Gasteiger partial charge in [-0.2, -0.15) is 0 Å². The second-order valence-corrected chi connectivity index (χ2v) is 8.58. The van der Waals surface area contributed by atoms with E-state index in [1.54, 1.807) is 11.8 Å². The molecule has 138 valence electrons. The molecule has 2 nitrogen and oxygen atoms in total. The van der Waals surface area contributed by atoms with E-state index < -0.39 is 0 Å². The van der Waals surface area contributed by atoms with Crippen molar-refractivity contribution in [2.45, 2.75) is 78.7 Å². The highest BCUT2D eigenvalue weighted by Crippen LogP contribution is 2.43. The maximum atomic E-state index is 7.60. The summed E-state index contributed by atoms with van der Waals surface area (Å²) in [5.41, 5.74) is 3.34. The van der Waals surface area contributed by atoms with Crippen LogP contribution in [0.5, 0.6) is 0 Å². The Morgan fingerprint density at radius 3 is 2.32 bits per heavy atom. The number of allylic oxidation sites excluding steroid dienone is 4. The van der Waals surface area contributed by atoms with Crippen molar-refractivity contribution in [3.8, 4) is 12.3 Å². The molecule has 0 aromatic rings. The fourth-order valence-electron chi connectivity index (χ4n) is 4.57. The summed E-state index contributed by atoms with van der Waals surface area (Å²) in [4.78, 5) is 2.69. The number of nitrogens with zero attached hydrogens (tertiary/aromatic N) is 1. The lowest BCUT2D eigenvalue weighted by molar-refractivity contribution is -0.0356. The van der Waals surface area contributed by atoms with Crippen LogP contribution in [0.1, 0.15) is 72.6 Å². The molecule has 25 heavy (non-hydrogen) atoms. The van der Waals surface area contributed by atoms with E-state index in [-0.39, 0.29) is 5.41 Å². The fourth-order valence-corrected chi connectivity index (χ4v) is 4.57. The molecule has 0 unspecified atom stereocenters. The number of terminal acetylenes is 1. The van der Waals surface area contributed by atoms with E-state index in [1.807, 2.05) is 13.8 Å². The molecule has 1 heterocycles. The van der Waals surface area contributed by atoms with Crippen LogP contribution >= 0.6 is 0 Å². The Balaban J connectivity index is 0.00000109. The summed E-state index contributed by atoms with van der Waals surface area (Å²) in [6, 6.07) is 0.754. The molecule has 3 aliphatic rings. The van der Waals surface area contributed by atoms with Gasteiger partial charge in [-0.25, -0.2) is 0 Å². The quantitative estimate of drug-likeness (QED) is 0.523.